The lowest BCUT2D eigenvalue weighted by atomic mass is 10.2. The van der Waals surface area contributed by atoms with Crippen LogP contribution in [0.2, 0.25) is 0 Å². The molecule has 0 saturated carbocycles. The van der Waals surface area contributed by atoms with Gasteiger partial charge in [-0.15, -0.1) is 0 Å². The van der Waals surface area contributed by atoms with Crippen LogP contribution in [0.5, 0.6) is 0 Å². The number of hydrogen-bond acceptors (Lipinski definition) is 5. The van der Waals surface area contributed by atoms with E-state index in [2.05, 4.69) is 15.3 Å². The molecule has 20 heavy (non-hydrogen) atoms. The average Bonchev–Trinajstić information content (AvgIpc) is 2.94. The highest BCUT2D eigenvalue weighted by Gasteiger charge is 2.16. The normalized spacial score (nSPS) is 13.0. The van der Waals surface area contributed by atoms with Crippen molar-refractivity contribution in [2.75, 3.05) is 5.32 Å². The molecule has 102 valence electrons. The monoisotopic (exact) mass is 270 g/mol. The van der Waals surface area contributed by atoms with Gasteiger partial charge in [0.15, 0.2) is 0 Å². The van der Waals surface area contributed by atoms with Crippen molar-refractivity contribution in [3.8, 4) is 0 Å². The predicted molar refractivity (Wildman–Crippen MR) is 74.5 cm³/mol. The third-order valence-corrected chi connectivity index (χ3v) is 3.48. The Kier molecular flexibility index (Phi) is 3.28. The molecule has 1 aromatic heterocycles. The molecule has 0 fully saturated rings. The Balaban J connectivity index is 1.71. The van der Waals surface area contributed by atoms with Gasteiger partial charge in [0.1, 0.15) is 12.1 Å². The van der Waals surface area contributed by atoms with Gasteiger partial charge in [0.25, 0.3) is 5.69 Å². The third kappa shape index (κ3) is 2.45. The van der Waals surface area contributed by atoms with Gasteiger partial charge in [-0.3, -0.25) is 10.1 Å². The molecule has 0 saturated heterocycles. The highest BCUT2D eigenvalue weighted by Crippen LogP contribution is 2.25. The smallest absolute Gasteiger partial charge is 0.269 e. The first-order valence-electron chi connectivity index (χ1n) is 6.54. The molecule has 1 aliphatic rings. The molecule has 1 aromatic carbocycles. The fourth-order valence-corrected chi connectivity index (χ4v) is 2.43. The van der Waals surface area contributed by atoms with Crippen molar-refractivity contribution in [3.63, 3.8) is 0 Å². The summed E-state index contributed by atoms with van der Waals surface area (Å²) in [6.07, 6.45) is 4.74. The van der Waals surface area contributed by atoms with E-state index in [1.165, 1.54) is 17.7 Å². The lowest BCUT2D eigenvalue weighted by molar-refractivity contribution is -0.384. The zero-order chi connectivity index (χ0) is 13.9. The molecule has 1 heterocycles. The van der Waals surface area contributed by atoms with Gasteiger partial charge in [0.05, 0.1) is 4.92 Å². The Morgan fingerprint density at radius 1 is 1.20 bits per heavy atom. The van der Waals surface area contributed by atoms with Gasteiger partial charge in [0.2, 0.25) is 0 Å². The van der Waals surface area contributed by atoms with Crippen LogP contribution in [0.1, 0.15) is 23.2 Å². The highest BCUT2D eigenvalue weighted by molar-refractivity contribution is 5.48. The van der Waals surface area contributed by atoms with Gasteiger partial charge in [-0.2, -0.15) is 0 Å². The van der Waals surface area contributed by atoms with Gasteiger partial charge in [-0.05, 0) is 24.8 Å². The van der Waals surface area contributed by atoms with Crippen LogP contribution in [0, 0.1) is 10.1 Å². The van der Waals surface area contributed by atoms with Crippen LogP contribution >= 0.6 is 0 Å². The Hall–Kier alpha value is -2.50. The molecule has 0 radical (unpaired) electrons. The van der Waals surface area contributed by atoms with Crippen LogP contribution in [-0.2, 0) is 19.4 Å². The van der Waals surface area contributed by atoms with E-state index in [-0.39, 0.29) is 5.69 Å². The minimum Gasteiger partial charge on any atom is -0.366 e. The van der Waals surface area contributed by atoms with Crippen molar-refractivity contribution in [1.29, 1.82) is 0 Å². The van der Waals surface area contributed by atoms with Gasteiger partial charge in [0, 0.05) is 29.9 Å². The average molecular weight is 270 g/mol. The number of aryl methyl sites for hydroxylation is 1. The maximum absolute atomic E-state index is 10.6. The summed E-state index contributed by atoms with van der Waals surface area (Å²) in [5, 5.41) is 13.9. The van der Waals surface area contributed by atoms with Crippen LogP contribution in [0.4, 0.5) is 11.5 Å². The molecule has 0 bridgehead atoms. The number of nitro benzene ring substituents is 1. The molecular weight excluding hydrogens is 256 g/mol. The number of non-ortho nitro benzene ring substituents is 1. The van der Waals surface area contributed by atoms with Gasteiger partial charge >= 0.3 is 0 Å². The molecule has 0 amide bonds. The molecule has 0 unspecified atom stereocenters. The number of anilines is 1. The summed E-state index contributed by atoms with van der Waals surface area (Å²) in [7, 11) is 0. The standard InChI is InChI=1S/C14H14N4O2/c19-18(20)11-6-4-10(5-7-11)8-15-14-12-2-1-3-13(12)16-9-17-14/h4-7,9H,1-3,8H2,(H,15,16,17). The molecule has 0 aliphatic heterocycles. The number of nitrogens with one attached hydrogen (secondary N) is 1. The van der Waals surface area contributed by atoms with E-state index in [4.69, 9.17) is 0 Å². The first-order chi connectivity index (χ1) is 9.74. The highest BCUT2D eigenvalue weighted by atomic mass is 16.6. The van der Waals surface area contributed by atoms with Crippen LogP contribution in [0.25, 0.3) is 0 Å². The van der Waals surface area contributed by atoms with E-state index in [9.17, 15) is 10.1 Å². The first kappa shape index (κ1) is 12.5. The van der Waals surface area contributed by atoms with Crippen molar-refractivity contribution in [2.45, 2.75) is 25.8 Å². The minimum absolute atomic E-state index is 0.108. The van der Waals surface area contributed by atoms with E-state index < -0.39 is 4.92 Å². The van der Waals surface area contributed by atoms with Crippen LogP contribution in [0.15, 0.2) is 30.6 Å². The van der Waals surface area contributed by atoms with Gasteiger partial charge in [-0.25, -0.2) is 9.97 Å². The Bertz CT molecular complexity index is 640. The van der Waals surface area contributed by atoms with E-state index in [0.717, 1.165) is 36.3 Å². The Morgan fingerprint density at radius 2 is 2.00 bits per heavy atom. The summed E-state index contributed by atoms with van der Waals surface area (Å²) in [5.41, 5.74) is 3.43. The largest absolute Gasteiger partial charge is 0.366 e. The Labute approximate surface area is 116 Å². The lowest BCUT2D eigenvalue weighted by Gasteiger charge is -2.09. The zero-order valence-corrected chi connectivity index (χ0v) is 10.9. The third-order valence-electron chi connectivity index (χ3n) is 3.48. The Morgan fingerprint density at radius 3 is 2.75 bits per heavy atom. The number of aromatic nitrogens is 2. The topological polar surface area (TPSA) is 81.0 Å². The fourth-order valence-electron chi connectivity index (χ4n) is 2.43. The second-order valence-electron chi connectivity index (χ2n) is 4.78. The molecule has 3 rings (SSSR count). The van der Waals surface area contributed by atoms with Crippen LogP contribution in [0.3, 0.4) is 0 Å². The van der Waals surface area contributed by atoms with Gasteiger partial charge in [-0.1, -0.05) is 12.1 Å². The molecule has 0 atom stereocenters. The van der Waals surface area contributed by atoms with Crippen LogP contribution < -0.4 is 5.32 Å². The quantitative estimate of drug-likeness (QED) is 0.682. The lowest BCUT2D eigenvalue weighted by Crippen LogP contribution is -2.05. The summed E-state index contributed by atoms with van der Waals surface area (Å²) in [4.78, 5) is 18.8. The van der Waals surface area contributed by atoms with Crippen LogP contribution in [-0.4, -0.2) is 14.9 Å². The molecule has 2 aromatic rings. The number of fused-ring (bicyclic) bond motifs is 1. The fraction of sp³-hybridized carbons (Fsp3) is 0.286. The molecule has 1 N–H and O–H groups in total. The number of benzene rings is 1. The van der Waals surface area contributed by atoms with Crippen molar-refractivity contribution in [2.24, 2.45) is 0 Å². The van der Waals surface area contributed by atoms with Crippen molar-refractivity contribution in [1.82, 2.24) is 9.97 Å². The van der Waals surface area contributed by atoms with Crippen molar-refractivity contribution < 1.29 is 4.92 Å². The molecule has 6 nitrogen and oxygen atoms in total. The van der Waals surface area contributed by atoms with E-state index in [0.29, 0.717) is 6.54 Å². The SMILES string of the molecule is O=[N+]([O-])c1ccc(CNc2ncnc3c2CCC3)cc1. The minimum atomic E-state index is -0.394. The number of nitrogens with zero attached hydrogens (tertiary/aromatic N) is 3. The van der Waals surface area contributed by atoms with E-state index in [1.807, 2.05) is 0 Å². The van der Waals surface area contributed by atoms with E-state index >= 15 is 0 Å². The van der Waals surface area contributed by atoms with Crippen molar-refractivity contribution in [3.05, 3.63) is 57.5 Å². The van der Waals surface area contributed by atoms with Crippen molar-refractivity contribution >= 4 is 11.5 Å². The number of rotatable bonds is 4. The second-order valence-corrected chi connectivity index (χ2v) is 4.78. The molecular formula is C14H14N4O2. The summed E-state index contributed by atoms with van der Waals surface area (Å²) < 4.78 is 0. The summed E-state index contributed by atoms with van der Waals surface area (Å²) >= 11 is 0. The van der Waals surface area contributed by atoms with Gasteiger partial charge < -0.3 is 5.32 Å². The molecule has 6 heteroatoms. The zero-order valence-electron chi connectivity index (χ0n) is 10.9. The second kappa shape index (κ2) is 5.24. The summed E-state index contributed by atoms with van der Waals surface area (Å²) in [6.45, 7) is 0.599. The van der Waals surface area contributed by atoms with E-state index in [1.54, 1.807) is 18.5 Å². The predicted octanol–water partition coefficient (Wildman–Crippen LogP) is 2.49. The number of nitro groups is 1. The first-order valence-corrected chi connectivity index (χ1v) is 6.54. The maximum Gasteiger partial charge on any atom is 0.269 e. The molecule has 0 spiro atoms. The summed E-state index contributed by atoms with van der Waals surface area (Å²) in [5.74, 6) is 0.880. The summed E-state index contributed by atoms with van der Waals surface area (Å²) in [6, 6.07) is 6.54. The maximum atomic E-state index is 10.6. The number of hydrogen-bond donors (Lipinski definition) is 1. The molecule has 1 aliphatic carbocycles.